The van der Waals surface area contributed by atoms with Crippen molar-refractivity contribution in [1.29, 1.82) is 0 Å². The zero-order valence-electron chi connectivity index (χ0n) is 74.6. The second-order valence-corrected chi connectivity index (χ2v) is 34.5. The fraction of sp³-hybridized carbons (Fsp3) is 0.567. The Kier molecular flexibility index (Phi) is 37.5. The number of rotatable bonds is 24. The Bertz CT molecular complexity index is 4880. The number of hydrogen-bond donors (Lipinski definition) is 17. The van der Waals surface area contributed by atoms with Gasteiger partial charge in [-0.3, -0.25) is 81.5 Å². The molecule has 40 heteroatoms. The Morgan fingerprint density at radius 2 is 1.06 bits per heavy atom. The third-order valence-corrected chi connectivity index (χ3v) is 24.3. The van der Waals surface area contributed by atoms with Crippen molar-refractivity contribution in [2.45, 2.75) is 267 Å². The highest BCUT2D eigenvalue weighted by Gasteiger charge is 2.47. The molecule has 0 radical (unpaired) electrons. The number of nitrogens with one attached hydrogen (secondary N) is 10. The van der Waals surface area contributed by atoms with Crippen LogP contribution in [0.2, 0.25) is 0 Å². The number of likely N-dealkylation sites (N-methyl/N-ethyl adjacent to an activating group) is 2. The summed E-state index contributed by atoms with van der Waals surface area (Å²) in [5.41, 5.74) is 20.5. The summed E-state index contributed by atoms with van der Waals surface area (Å²) >= 11 is 0. The average molecular weight is 1810 g/mol. The molecule has 0 bridgehead atoms. The van der Waals surface area contributed by atoms with Crippen LogP contribution >= 0.6 is 0 Å². The van der Waals surface area contributed by atoms with Crippen molar-refractivity contribution in [2.75, 3.05) is 53.4 Å². The lowest BCUT2D eigenvalue weighted by molar-refractivity contribution is -0.149. The molecule has 4 fully saturated rings. The Balaban J connectivity index is 1.08. The Hall–Kier alpha value is -12.6. The standard InChI is InChI=1S/C90H127N19O21/c1-7-9-23-69-82(122)99-62(40-51(3)4)78(118)94-37-17-15-28-75(113)96-64(41-52-29-31-55(110)32-30-52)88(128)107-38-18-16-26-70(107)83(123)102-66(45-74(93)112)89(129)108-39-19-27-71(108)84(124)103-67(46-92)81(121)98-61(33-34-76(114)115)87(127)109-49-56(111)44-73(109)85(125)100-63(42-53-47-95-59-22-13-11-20-57(53)59)80(120)97-60(35-36-91)79(119)101-65(86(126)105(6)72(24-10-8-2)90(130)104(69)5)43-54-48-106(50-77(116)117)68-25-14-12-21-58(54)68/h11-14,20-22,25,29-32,47-48,51,56,60-67,69-73,95,110-111H,7-10,15-19,23-24,26-28,33-46,49-50,91-92H2,1-6H3,(H2,93,112)(H,94,118)(H,96,113)(H,97,120)(H,98,121)(H,99,122)(H,100,125)(H,101,119)(H,102,123)(H,103,124)(H,114,115)(H,116,117)/t56-,60+,61+,62+,63+,64+,65+,66+,67+,69+,70+,71+,72+,73+/m1/s1. The van der Waals surface area contributed by atoms with Gasteiger partial charge in [-0.25, -0.2) is 0 Å². The summed E-state index contributed by atoms with van der Waals surface area (Å²) in [5.74, 6) is -16.1. The van der Waals surface area contributed by atoms with E-state index in [0.717, 1.165) is 9.80 Å². The minimum Gasteiger partial charge on any atom is -0.508 e. The van der Waals surface area contributed by atoms with E-state index in [9.17, 15) is 63.6 Å². The number of carbonyl (C=O) groups is 17. The Labute approximate surface area is 753 Å². The molecule has 4 aliphatic heterocycles. The second-order valence-electron chi connectivity index (χ2n) is 34.5. The topological polar surface area (TPSA) is 594 Å². The number of aromatic amines is 1. The van der Waals surface area contributed by atoms with Crippen molar-refractivity contribution >= 4 is 122 Å². The molecule has 708 valence electrons. The monoisotopic (exact) mass is 1810 g/mol. The summed E-state index contributed by atoms with van der Waals surface area (Å²) in [6, 6.07) is 0.0317. The molecule has 0 spiro atoms. The van der Waals surface area contributed by atoms with Gasteiger partial charge in [0.15, 0.2) is 0 Å². The van der Waals surface area contributed by atoms with Crippen LogP contribution in [0.25, 0.3) is 21.8 Å². The van der Waals surface area contributed by atoms with Gasteiger partial charge >= 0.3 is 11.9 Å². The van der Waals surface area contributed by atoms with Gasteiger partial charge in [-0.15, -0.1) is 0 Å². The SMILES string of the molecule is CCCC[C@H]1C(=O)N(C)[C@@H](CCCC)C(=O)N[C@@H](CC(C)C)C(=O)NCCCCC(=O)N[C@@H](Cc2ccc(O)cc2)C(=O)N2CCCC[C@H]2C(=O)N[C@@H](CC(N)=O)C(=O)N2CCC[C@H]2C(=O)N[C@@H](CN)C(=O)N[C@@H](CCC(=O)O)C(=O)N2C[C@H](O)C[C@H]2C(=O)N[C@@H](Cc2c[nH]c3ccccc23)C(=O)N[C@@H](CCN)C(=O)N[C@@H](Cc2cn(CC(=O)O)c3ccccc23)C(=O)N1C. The lowest BCUT2D eigenvalue weighted by Crippen LogP contribution is -2.62. The number of amides is 15. The molecule has 20 N–H and O–H groups in total. The second kappa shape index (κ2) is 48.2. The zero-order valence-corrected chi connectivity index (χ0v) is 74.6. The smallest absolute Gasteiger partial charge is 0.323 e. The summed E-state index contributed by atoms with van der Waals surface area (Å²) in [5, 5.41) is 67.2. The Morgan fingerprint density at radius 3 is 1.72 bits per heavy atom. The molecule has 9 rings (SSSR count). The summed E-state index contributed by atoms with van der Waals surface area (Å²) in [7, 11) is 2.79. The van der Waals surface area contributed by atoms with E-state index in [0.29, 0.717) is 77.0 Å². The highest BCUT2D eigenvalue weighted by Crippen LogP contribution is 2.30. The minimum atomic E-state index is -1.82. The number of carboxylic acids is 2. The van der Waals surface area contributed by atoms with E-state index < -0.39 is 231 Å². The van der Waals surface area contributed by atoms with E-state index in [1.807, 2.05) is 27.7 Å². The fourth-order valence-corrected chi connectivity index (χ4v) is 17.4. The number of benzene rings is 3. The fourth-order valence-electron chi connectivity index (χ4n) is 17.4. The third kappa shape index (κ3) is 27.3. The number of nitrogens with zero attached hydrogens (tertiary/aromatic N) is 6. The van der Waals surface area contributed by atoms with Crippen LogP contribution < -0.4 is 65.1 Å². The van der Waals surface area contributed by atoms with Crippen molar-refractivity contribution in [2.24, 2.45) is 23.1 Å². The number of primary amides is 1. The van der Waals surface area contributed by atoms with Crippen LogP contribution in [0.5, 0.6) is 5.75 Å². The van der Waals surface area contributed by atoms with Crippen LogP contribution in [0.15, 0.2) is 85.2 Å². The van der Waals surface area contributed by atoms with Gasteiger partial charge in [0.1, 0.15) is 90.8 Å². The Morgan fingerprint density at radius 1 is 0.508 bits per heavy atom. The van der Waals surface area contributed by atoms with Crippen LogP contribution in [0.3, 0.4) is 0 Å². The highest BCUT2D eigenvalue weighted by molar-refractivity contribution is 6.02. The van der Waals surface area contributed by atoms with Gasteiger partial charge in [-0.1, -0.05) is 102 Å². The summed E-state index contributed by atoms with van der Waals surface area (Å²) < 4.78 is 1.45. The van der Waals surface area contributed by atoms with Crippen molar-refractivity contribution in [3.05, 3.63) is 102 Å². The number of nitrogens with two attached hydrogens (primary N) is 3. The van der Waals surface area contributed by atoms with Gasteiger partial charge in [0.25, 0.3) is 0 Å². The van der Waals surface area contributed by atoms with Crippen LogP contribution in [0.4, 0.5) is 0 Å². The largest absolute Gasteiger partial charge is 0.508 e. The van der Waals surface area contributed by atoms with Gasteiger partial charge in [-0.2, -0.15) is 0 Å². The van der Waals surface area contributed by atoms with E-state index in [1.54, 1.807) is 66.9 Å². The molecule has 0 saturated carbocycles. The molecule has 130 heavy (non-hydrogen) atoms. The number of piperidine rings is 1. The number of carbonyl (C=O) groups excluding carboxylic acids is 15. The highest BCUT2D eigenvalue weighted by atomic mass is 16.4. The molecular formula is C90H127N19O21. The third-order valence-electron chi connectivity index (χ3n) is 24.3. The zero-order chi connectivity index (χ0) is 94.7. The van der Waals surface area contributed by atoms with Gasteiger partial charge in [0.2, 0.25) is 88.6 Å². The number of aromatic nitrogens is 2. The molecule has 15 amide bonds. The summed E-state index contributed by atoms with van der Waals surface area (Å²) in [6.45, 7) is 5.32. The van der Waals surface area contributed by atoms with Crippen molar-refractivity contribution in [1.82, 2.24) is 81.9 Å². The van der Waals surface area contributed by atoms with E-state index in [1.165, 1.54) is 51.7 Å². The molecule has 40 nitrogen and oxygen atoms in total. The molecule has 0 aliphatic carbocycles. The first kappa shape index (κ1) is 101. The molecule has 6 heterocycles. The van der Waals surface area contributed by atoms with Crippen LogP contribution in [-0.4, -0.2) is 293 Å². The maximum absolute atomic E-state index is 15.9. The molecule has 3 aromatic carbocycles. The molecule has 4 saturated heterocycles. The number of para-hydroxylation sites is 2. The normalized spacial score (nSPS) is 25.3. The lowest BCUT2D eigenvalue weighted by Gasteiger charge is -2.38. The number of hydrogen-bond acceptors (Lipinski definition) is 21. The molecule has 2 aromatic heterocycles. The first-order chi connectivity index (χ1) is 62.0. The van der Waals surface area contributed by atoms with Gasteiger partial charge in [0.05, 0.1) is 12.5 Å². The first-order valence-electron chi connectivity index (χ1n) is 44.9. The first-order valence-corrected chi connectivity index (χ1v) is 44.9. The van der Waals surface area contributed by atoms with Crippen molar-refractivity contribution < 1.29 is 102 Å². The van der Waals surface area contributed by atoms with E-state index in [4.69, 9.17) is 17.2 Å². The predicted octanol–water partition coefficient (Wildman–Crippen LogP) is -0.419. The molecular weight excluding hydrogens is 1680 g/mol. The number of carboxylic acid groups (broad SMARTS) is 2. The quantitative estimate of drug-likeness (QED) is 0.0373. The van der Waals surface area contributed by atoms with Gasteiger partial charge < -0.3 is 120 Å². The molecule has 5 aromatic rings. The summed E-state index contributed by atoms with van der Waals surface area (Å²) in [6.07, 6.45) is 1.29. The molecule has 14 atom stereocenters. The number of phenolic OH excluding ortho intramolecular Hbond substituents is 1. The molecule has 0 unspecified atom stereocenters. The van der Waals surface area contributed by atoms with Crippen LogP contribution in [0.1, 0.15) is 173 Å². The molecule has 4 aliphatic rings. The maximum Gasteiger partial charge on any atom is 0.323 e. The lowest BCUT2D eigenvalue weighted by atomic mass is 9.97. The maximum atomic E-state index is 15.9. The minimum absolute atomic E-state index is 0.00258. The number of aromatic hydroxyl groups is 1. The van der Waals surface area contributed by atoms with Crippen LogP contribution in [-0.2, 0) is 107 Å². The van der Waals surface area contributed by atoms with E-state index >= 15 is 38.4 Å². The van der Waals surface area contributed by atoms with E-state index in [-0.39, 0.29) is 121 Å². The number of aliphatic carboxylic acids is 2. The number of aliphatic hydroxyl groups excluding tert-OH is 1. The van der Waals surface area contributed by atoms with Crippen LogP contribution in [0, 0.1) is 5.92 Å². The van der Waals surface area contributed by atoms with Crippen molar-refractivity contribution in [3.8, 4) is 5.75 Å². The number of aliphatic hydroxyl groups is 1. The number of unbranched alkanes of at least 4 members (excludes halogenated alkanes) is 2. The van der Waals surface area contributed by atoms with Gasteiger partial charge in [0, 0.05) is 120 Å². The number of phenols is 1. The predicted molar refractivity (Wildman–Crippen MR) is 475 cm³/mol. The number of fused-ring (bicyclic) bond motifs is 5. The number of H-pyrrole nitrogens is 1. The average Bonchev–Trinajstić information content (AvgIpc) is 1.56. The van der Waals surface area contributed by atoms with Gasteiger partial charge in [-0.05, 0) is 130 Å². The summed E-state index contributed by atoms with van der Waals surface area (Å²) in [4.78, 5) is 256. The van der Waals surface area contributed by atoms with Crippen molar-refractivity contribution in [3.63, 3.8) is 0 Å². The van der Waals surface area contributed by atoms with E-state index in [2.05, 4.69) is 52.8 Å².